The molecule has 4 heteroatoms. The molecule has 0 radical (unpaired) electrons. The summed E-state index contributed by atoms with van der Waals surface area (Å²) in [5, 5.41) is 0. The number of ketones is 1. The van der Waals surface area contributed by atoms with Crippen LogP contribution in [-0.4, -0.2) is 10.8 Å². The fourth-order valence-electron chi connectivity index (χ4n) is 2.93. The highest BCUT2D eigenvalue weighted by Gasteiger charge is 2.20. The number of nitrogens with one attached hydrogen (secondary N) is 1. The summed E-state index contributed by atoms with van der Waals surface area (Å²) in [6, 6.07) is 18.9. The molecule has 1 N–H and O–H groups in total. The number of aromatic amines is 1. The van der Waals surface area contributed by atoms with Gasteiger partial charge in [0, 0.05) is 15.7 Å². The summed E-state index contributed by atoms with van der Waals surface area (Å²) in [6.45, 7) is 3.59. The third kappa shape index (κ3) is 3.92. The molecule has 3 aromatic rings. The molecule has 0 aliphatic heterocycles. The Kier molecular flexibility index (Phi) is 5.33. The number of halogens is 1. The van der Waals surface area contributed by atoms with E-state index >= 15 is 0 Å². The third-order valence-corrected chi connectivity index (χ3v) is 4.57. The number of H-pyrrole nitrogens is 1. The van der Waals surface area contributed by atoms with Crippen LogP contribution in [0.15, 0.2) is 69.9 Å². The van der Waals surface area contributed by atoms with Crippen molar-refractivity contribution in [1.29, 1.82) is 0 Å². The molecule has 1 aromatic heterocycles. The van der Waals surface area contributed by atoms with Gasteiger partial charge in [-0.2, -0.15) is 0 Å². The Morgan fingerprint density at radius 1 is 1.00 bits per heavy atom. The largest absolute Gasteiger partial charge is 0.326 e. The van der Waals surface area contributed by atoms with Crippen LogP contribution >= 0.6 is 15.9 Å². The molecule has 0 saturated carbocycles. The molecule has 3 rings (SSSR count). The number of aromatic nitrogens is 1. The van der Waals surface area contributed by atoms with Gasteiger partial charge in [-0.05, 0) is 54.8 Å². The lowest BCUT2D eigenvalue weighted by Crippen LogP contribution is -2.21. The van der Waals surface area contributed by atoms with Gasteiger partial charge < -0.3 is 4.98 Å². The van der Waals surface area contributed by atoms with E-state index in [2.05, 4.69) is 20.9 Å². The van der Waals surface area contributed by atoms with Crippen molar-refractivity contribution < 1.29 is 4.79 Å². The van der Waals surface area contributed by atoms with Crippen molar-refractivity contribution in [2.75, 3.05) is 0 Å². The van der Waals surface area contributed by atoms with E-state index in [-0.39, 0.29) is 16.9 Å². The number of allylic oxidation sites excluding steroid dienone is 1. The standard InChI is InChI=1S/C22H18BrNO2/c1-14-11-15(2)24-22(26)20(14)21(25)19(17-8-4-3-5-9-17)13-16-7-6-10-18(23)12-16/h3-13H,1-2H3,(H,24,26)/b19-13+. The zero-order valence-electron chi connectivity index (χ0n) is 14.5. The van der Waals surface area contributed by atoms with E-state index in [0.717, 1.165) is 21.3 Å². The summed E-state index contributed by atoms with van der Waals surface area (Å²) in [5.41, 5.74) is 3.38. The van der Waals surface area contributed by atoms with E-state index < -0.39 is 0 Å². The van der Waals surface area contributed by atoms with Crippen LogP contribution in [0.5, 0.6) is 0 Å². The second-order valence-electron chi connectivity index (χ2n) is 6.15. The van der Waals surface area contributed by atoms with E-state index in [0.29, 0.717) is 11.1 Å². The van der Waals surface area contributed by atoms with Crippen LogP contribution in [0.25, 0.3) is 11.6 Å². The van der Waals surface area contributed by atoms with Crippen molar-refractivity contribution in [1.82, 2.24) is 4.98 Å². The van der Waals surface area contributed by atoms with Gasteiger partial charge in [0.05, 0.1) is 5.56 Å². The van der Waals surface area contributed by atoms with Crippen molar-refractivity contribution in [3.63, 3.8) is 0 Å². The average molecular weight is 408 g/mol. The lowest BCUT2D eigenvalue weighted by molar-refractivity contribution is 0.105. The van der Waals surface area contributed by atoms with Crippen molar-refractivity contribution in [3.05, 3.63) is 103 Å². The van der Waals surface area contributed by atoms with Crippen LogP contribution in [0, 0.1) is 13.8 Å². The molecule has 0 atom stereocenters. The number of hydrogen-bond donors (Lipinski definition) is 1. The molecule has 0 unspecified atom stereocenters. The van der Waals surface area contributed by atoms with Crippen molar-refractivity contribution in [2.45, 2.75) is 13.8 Å². The first kappa shape index (κ1) is 18.1. The molecule has 26 heavy (non-hydrogen) atoms. The van der Waals surface area contributed by atoms with Crippen LogP contribution in [0.3, 0.4) is 0 Å². The molecule has 0 aliphatic rings. The lowest BCUT2D eigenvalue weighted by Gasteiger charge is -2.10. The van der Waals surface area contributed by atoms with Crippen LogP contribution in [-0.2, 0) is 0 Å². The number of benzene rings is 2. The normalized spacial score (nSPS) is 11.4. The van der Waals surface area contributed by atoms with Crippen molar-refractivity contribution in [3.8, 4) is 0 Å². The van der Waals surface area contributed by atoms with E-state index in [1.165, 1.54) is 0 Å². The molecule has 3 nitrogen and oxygen atoms in total. The van der Waals surface area contributed by atoms with E-state index in [1.54, 1.807) is 13.8 Å². The smallest absolute Gasteiger partial charge is 0.259 e. The molecule has 0 spiro atoms. The average Bonchev–Trinajstić information content (AvgIpc) is 2.59. The summed E-state index contributed by atoms with van der Waals surface area (Å²) in [5.74, 6) is -0.282. The first-order chi connectivity index (χ1) is 12.5. The zero-order chi connectivity index (χ0) is 18.7. The molecule has 0 bridgehead atoms. The second kappa shape index (κ2) is 7.67. The number of carbonyl (C=O) groups excluding carboxylic acids is 1. The maximum absolute atomic E-state index is 13.3. The van der Waals surface area contributed by atoms with Crippen molar-refractivity contribution in [2.24, 2.45) is 0 Å². The number of aryl methyl sites for hydroxylation is 2. The summed E-state index contributed by atoms with van der Waals surface area (Å²) >= 11 is 3.45. The monoisotopic (exact) mass is 407 g/mol. The van der Waals surface area contributed by atoms with Gasteiger partial charge in [0.25, 0.3) is 5.56 Å². The molecule has 0 aliphatic carbocycles. The molecule has 0 saturated heterocycles. The summed E-state index contributed by atoms with van der Waals surface area (Å²) in [4.78, 5) is 28.4. The van der Waals surface area contributed by atoms with Crippen molar-refractivity contribution >= 4 is 33.4 Å². The molecular formula is C22H18BrNO2. The Bertz CT molecular complexity index is 1050. The number of rotatable bonds is 4. The van der Waals surface area contributed by atoms with Gasteiger partial charge in [0.1, 0.15) is 0 Å². The third-order valence-electron chi connectivity index (χ3n) is 4.08. The van der Waals surface area contributed by atoms with Gasteiger partial charge in [-0.15, -0.1) is 0 Å². The van der Waals surface area contributed by atoms with Crippen LogP contribution < -0.4 is 5.56 Å². The number of hydrogen-bond acceptors (Lipinski definition) is 2. The first-order valence-corrected chi connectivity index (χ1v) is 9.03. The summed E-state index contributed by atoms with van der Waals surface area (Å²) in [6.07, 6.45) is 1.82. The highest BCUT2D eigenvalue weighted by atomic mass is 79.9. The Labute approximate surface area is 160 Å². The van der Waals surface area contributed by atoms with Gasteiger partial charge in [0.2, 0.25) is 0 Å². The fraction of sp³-hybridized carbons (Fsp3) is 0.0909. The minimum Gasteiger partial charge on any atom is -0.326 e. The Hall–Kier alpha value is -2.72. The van der Waals surface area contributed by atoms with Gasteiger partial charge in [-0.1, -0.05) is 58.4 Å². The number of Topliss-reactive ketones (excluding diaryl/α,β-unsaturated/α-hetero) is 1. The van der Waals surface area contributed by atoms with E-state index in [9.17, 15) is 9.59 Å². The maximum Gasteiger partial charge on any atom is 0.259 e. The topological polar surface area (TPSA) is 49.9 Å². The molecule has 2 aromatic carbocycles. The van der Waals surface area contributed by atoms with Gasteiger partial charge in [0.15, 0.2) is 5.78 Å². The fourth-order valence-corrected chi connectivity index (χ4v) is 3.35. The quantitative estimate of drug-likeness (QED) is 0.368. The van der Waals surface area contributed by atoms with Crippen LogP contribution in [0.2, 0.25) is 0 Å². The second-order valence-corrected chi connectivity index (χ2v) is 7.06. The summed E-state index contributed by atoms with van der Waals surface area (Å²) < 4.78 is 0.926. The van der Waals surface area contributed by atoms with Gasteiger partial charge in [-0.3, -0.25) is 9.59 Å². The molecule has 130 valence electrons. The predicted octanol–water partition coefficient (Wildman–Crippen LogP) is 5.18. The zero-order valence-corrected chi connectivity index (χ0v) is 16.1. The summed E-state index contributed by atoms with van der Waals surface area (Å²) in [7, 11) is 0. The first-order valence-electron chi connectivity index (χ1n) is 8.23. The Morgan fingerprint density at radius 2 is 1.73 bits per heavy atom. The van der Waals surface area contributed by atoms with E-state index in [4.69, 9.17) is 0 Å². The Morgan fingerprint density at radius 3 is 2.38 bits per heavy atom. The highest BCUT2D eigenvalue weighted by molar-refractivity contribution is 9.10. The van der Waals surface area contributed by atoms with Gasteiger partial charge in [-0.25, -0.2) is 0 Å². The van der Waals surface area contributed by atoms with E-state index in [1.807, 2.05) is 66.7 Å². The molecule has 1 heterocycles. The maximum atomic E-state index is 13.3. The Balaban J connectivity index is 2.19. The molecule has 0 amide bonds. The number of pyridine rings is 1. The predicted molar refractivity (Wildman–Crippen MR) is 109 cm³/mol. The minimum absolute atomic E-state index is 0.181. The molecular weight excluding hydrogens is 390 g/mol. The number of carbonyl (C=O) groups is 1. The SMILES string of the molecule is Cc1cc(C)c(C(=O)/C(=C/c2cccc(Br)c2)c2ccccc2)c(=O)[nH]1. The molecule has 0 fully saturated rings. The minimum atomic E-state index is -0.358. The van der Waals surface area contributed by atoms with Gasteiger partial charge >= 0.3 is 0 Å². The van der Waals surface area contributed by atoms with Crippen LogP contribution in [0.4, 0.5) is 0 Å². The van der Waals surface area contributed by atoms with Crippen LogP contribution in [0.1, 0.15) is 32.7 Å². The lowest BCUT2D eigenvalue weighted by atomic mass is 9.93. The highest BCUT2D eigenvalue weighted by Crippen LogP contribution is 2.24.